The number of primary amides is 1. The molecule has 60 heavy (non-hydrogen) atoms. The van der Waals surface area contributed by atoms with Crippen molar-refractivity contribution in [3.05, 3.63) is 95.9 Å². The van der Waals surface area contributed by atoms with Gasteiger partial charge in [0.05, 0.1) is 18.3 Å². The number of aliphatic hydroxyl groups is 1. The number of carbonyl (C=O) groups excluding carboxylic acids is 2. The Morgan fingerprint density at radius 2 is 1.65 bits per heavy atom. The maximum atomic E-state index is 13.0. The molecule has 0 aliphatic carbocycles. The van der Waals surface area contributed by atoms with Gasteiger partial charge in [-0.05, 0) is 85.3 Å². The Morgan fingerprint density at radius 3 is 2.32 bits per heavy atom. The van der Waals surface area contributed by atoms with Crippen LogP contribution in [0.15, 0.2) is 77.6 Å². The first-order valence-electron chi connectivity index (χ1n) is 20.5. The molecule has 6 N–H and O–H groups in total. The molecular formula is C44H52N12O4. The molecule has 0 spiro atoms. The number of amides is 3. The van der Waals surface area contributed by atoms with E-state index in [-0.39, 0.29) is 17.8 Å². The van der Waals surface area contributed by atoms with Crippen molar-refractivity contribution < 1.29 is 19.2 Å². The van der Waals surface area contributed by atoms with Crippen LogP contribution in [0, 0.1) is 5.92 Å². The first kappa shape index (κ1) is 40.4. The first-order chi connectivity index (χ1) is 28.9. The standard InChI is InChI=1S/C44H52N12O4/c1-27(48-41(58)40-50-42(60-53-40)44(2,3)4)35-11-5-29(21-32(35)26-57)38-36-22-31(24-47-39(36)52-51-38)30-6-12-37(46-23-30)56-19-17-54(18-20-56)25-28-13-15-55(16-14-28)34-9-7-33(8-10-34)49-43(45)59/h5-12,21-24,27-28,57H,13-20,25-26H2,1-4H3,(H,48,58)(H3,45,49,59)(H,47,51,52)/t27-/m1/s1. The molecule has 8 rings (SSSR count). The number of aliphatic hydroxyl groups excluding tert-OH is 1. The van der Waals surface area contributed by atoms with Crippen LogP contribution in [0.4, 0.5) is 22.0 Å². The van der Waals surface area contributed by atoms with Crippen LogP contribution >= 0.6 is 0 Å². The van der Waals surface area contributed by atoms with Gasteiger partial charge < -0.3 is 35.8 Å². The summed E-state index contributed by atoms with van der Waals surface area (Å²) in [6.45, 7) is 14.5. The molecule has 1 atom stereocenters. The highest BCUT2D eigenvalue weighted by Gasteiger charge is 2.27. The lowest BCUT2D eigenvalue weighted by Gasteiger charge is -2.39. The monoisotopic (exact) mass is 812 g/mol. The minimum atomic E-state index is -0.554. The number of aromatic nitrogens is 6. The van der Waals surface area contributed by atoms with E-state index in [1.165, 1.54) is 5.69 Å². The van der Waals surface area contributed by atoms with E-state index in [0.29, 0.717) is 28.7 Å². The van der Waals surface area contributed by atoms with Crippen molar-refractivity contribution in [1.82, 2.24) is 40.5 Å². The third-order valence-electron chi connectivity index (χ3n) is 11.5. The van der Waals surface area contributed by atoms with Gasteiger partial charge >= 0.3 is 6.03 Å². The lowest BCUT2D eigenvalue weighted by molar-refractivity contribution is 0.0925. The van der Waals surface area contributed by atoms with Gasteiger partial charge in [-0.25, -0.2) is 14.8 Å². The van der Waals surface area contributed by atoms with Crippen molar-refractivity contribution in [1.29, 1.82) is 0 Å². The number of pyridine rings is 2. The molecule has 6 heterocycles. The van der Waals surface area contributed by atoms with Gasteiger partial charge in [-0.15, -0.1) is 0 Å². The van der Waals surface area contributed by atoms with E-state index in [9.17, 15) is 14.7 Å². The molecule has 0 unspecified atom stereocenters. The summed E-state index contributed by atoms with van der Waals surface area (Å²) in [5.74, 6) is 1.53. The minimum absolute atomic E-state index is 0.0351. The average Bonchev–Trinajstić information content (AvgIpc) is 3.93. The molecule has 312 valence electrons. The van der Waals surface area contributed by atoms with E-state index in [4.69, 9.17) is 15.2 Å². The maximum absolute atomic E-state index is 13.0. The topological polar surface area (TPSA) is 208 Å². The number of fused-ring (bicyclic) bond motifs is 1. The molecule has 0 saturated carbocycles. The lowest BCUT2D eigenvalue weighted by atomic mass is 9.95. The number of hydrogen-bond acceptors (Lipinski definition) is 12. The number of aromatic amines is 1. The van der Waals surface area contributed by atoms with Crippen molar-refractivity contribution in [2.45, 2.75) is 58.6 Å². The van der Waals surface area contributed by atoms with Crippen LogP contribution in [-0.2, 0) is 12.0 Å². The van der Waals surface area contributed by atoms with Crippen molar-refractivity contribution >= 4 is 40.2 Å². The average molecular weight is 813 g/mol. The predicted molar refractivity (Wildman–Crippen MR) is 231 cm³/mol. The van der Waals surface area contributed by atoms with Gasteiger partial charge in [-0.2, -0.15) is 10.1 Å². The van der Waals surface area contributed by atoms with E-state index >= 15 is 0 Å². The Morgan fingerprint density at radius 1 is 0.917 bits per heavy atom. The number of nitrogens with zero attached hydrogens (tertiary/aromatic N) is 8. The van der Waals surface area contributed by atoms with Crippen LogP contribution < -0.4 is 26.2 Å². The molecule has 2 aliphatic heterocycles. The second kappa shape index (κ2) is 17.1. The van der Waals surface area contributed by atoms with Crippen LogP contribution in [0.2, 0.25) is 0 Å². The minimum Gasteiger partial charge on any atom is -0.392 e. The quantitative estimate of drug-likeness (QED) is 0.104. The van der Waals surface area contributed by atoms with Crippen molar-refractivity contribution in [2.24, 2.45) is 11.7 Å². The number of carbonyl (C=O) groups is 2. The number of anilines is 3. The summed E-state index contributed by atoms with van der Waals surface area (Å²) in [5.41, 5.74) is 12.2. The fourth-order valence-electron chi connectivity index (χ4n) is 8.10. The maximum Gasteiger partial charge on any atom is 0.316 e. The zero-order chi connectivity index (χ0) is 42.0. The fraction of sp³-hybridized carbons (Fsp3) is 0.386. The molecule has 6 aromatic rings. The van der Waals surface area contributed by atoms with Crippen molar-refractivity contribution in [3.63, 3.8) is 0 Å². The Kier molecular flexibility index (Phi) is 11.5. The number of piperazine rings is 1. The highest BCUT2D eigenvalue weighted by molar-refractivity contribution is 5.94. The van der Waals surface area contributed by atoms with E-state index in [2.05, 4.69) is 68.9 Å². The summed E-state index contributed by atoms with van der Waals surface area (Å²) in [5, 5.41) is 28.2. The lowest BCUT2D eigenvalue weighted by Crippen LogP contribution is -2.49. The van der Waals surface area contributed by atoms with Gasteiger partial charge in [0.1, 0.15) is 5.82 Å². The first-order valence-corrected chi connectivity index (χ1v) is 20.5. The van der Waals surface area contributed by atoms with E-state index in [0.717, 1.165) is 97.8 Å². The Hall–Kier alpha value is -6.39. The molecule has 0 radical (unpaired) electrons. The molecule has 2 aliphatic rings. The van der Waals surface area contributed by atoms with Gasteiger partial charge in [-0.3, -0.25) is 14.8 Å². The number of nitrogens with one attached hydrogen (secondary N) is 3. The molecule has 2 fully saturated rings. The summed E-state index contributed by atoms with van der Waals surface area (Å²) in [6.07, 6.45) is 6.04. The second-order valence-corrected chi connectivity index (χ2v) is 16.8. The molecule has 2 saturated heterocycles. The summed E-state index contributed by atoms with van der Waals surface area (Å²) in [6, 6.07) is 18.9. The molecule has 4 aromatic heterocycles. The van der Waals surface area contributed by atoms with Crippen LogP contribution in [0.1, 0.15) is 74.2 Å². The number of hydrogen-bond donors (Lipinski definition) is 5. The smallest absolute Gasteiger partial charge is 0.316 e. The van der Waals surface area contributed by atoms with Crippen LogP contribution in [0.5, 0.6) is 0 Å². The van der Waals surface area contributed by atoms with Crippen LogP contribution in [0.3, 0.4) is 0 Å². The molecule has 2 aromatic carbocycles. The molecule has 0 bridgehead atoms. The normalized spacial score (nSPS) is 15.9. The van der Waals surface area contributed by atoms with E-state index < -0.39 is 18.0 Å². The molecule has 16 heteroatoms. The van der Waals surface area contributed by atoms with Crippen molar-refractivity contribution in [2.75, 3.05) is 60.9 Å². The molecule has 16 nitrogen and oxygen atoms in total. The molecule has 3 amide bonds. The van der Waals surface area contributed by atoms with Crippen LogP contribution in [-0.4, -0.2) is 98.1 Å². The fourth-order valence-corrected chi connectivity index (χ4v) is 8.10. The summed E-state index contributed by atoms with van der Waals surface area (Å²) >= 11 is 0. The van der Waals surface area contributed by atoms with Gasteiger partial charge in [0.15, 0.2) is 5.65 Å². The van der Waals surface area contributed by atoms with Gasteiger partial charge in [0.2, 0.25) is 5.89 Å². The number of H-pyrrole nitrogens is 1. The Labute approximate surface area is 348 Å². The summed E-state index contributed by atoms with van der Waals surface area (Å²) in [7, 11) is 0. The highest BCUT2D eigenvalue weighted by Crippen LogP contribution is 2.33. The zero-order valence-electron chi connectivity index (χ0n) is 34.5. The number of piperidine rings is 1. The SMILES string of the molecule is C[C@@H](NC(=O)c1noc(C(C)(C)C)n1)c1ccc(-c2[nH]nc3ncc(-c4ccc(N5CCN(CC6CCN(c7ccc(NC(N)=O)cc7)CC6)CC5)nc4)cc23)cc1CO. The Bertz CT molecular complexity index is 2440. The summed E-state index contributed by atoms with van der Waals surface area (Å²) < 4.78 is 5.29. The number of urea groups is 1. The van der Waals surface area contributed by atoms with E-state index in [1.54, 1.807) is 0 Å². The third kappa shape index (κ3) is 8.94. The van der Waals surface area contributed by atoms with Gasteiger partial charge in [0.25, 0.3) is 11.7 Å². The third-order valence-corrected chi connectivity index (χ3v) is 11.5. The van der Waals surface area contributed by atoms with Crippen LogP contribution in [0.25, 0.3) is 33.4 Å². The van der Waals surface area contributed by atoms with E-state index in [1.807, 2.05) is 82.6 Å². The Balaban J connectivity index is 0.862. The van der Waals surface area contributed by atoms with Crippen molar-refractivity contribution in [3.8, 4) is 22.4 Å². The second-order valence-electron chi connectivity index (χ2n) is 16.8. The number of rotatable bonds is 11. The number of nitrogens with two attached hydrogens (primary N) is 1. The largest absolute Gasteiger partial charge is 0.392 e. The highest BCUT2D eigenvalue weighted by atomic mass is 16.5. The zero-order valence-corrected chi connectivity index (χ0v) is 34.5. The predicted octanol–water partition coefficient (Wildman–Crippen LogP) is 5.88. The van der Waals surface area contributed by atoms with Gasteiger partial charge in [0, 0.05) is 97.1 Å². The number of benzene rings is 2. The van der Waals surface area contributed by atoms with Gasteiger partial charge in [-0.1, -0.05) is 38.1 Å². The summed E-state index contributed by atoms with van der Waals surface area (Å²) in [4.78, 5) is 45.2. The molecular weight excluding hydrogens is 761 g/mol.